The van der Waals surface area contributed by atoms with Crippen LogP contribution in [0.1, 0.15) is 42.1 Å². The number of aliphatic hydroxyl groups excluding tert-OH is 1. The van der Waals surface area contributed by atoms with Crippen LogP contribution in [0.5, 0.6) is 0 Å². The van der Waals surface area contributed by atoms with Gasteiger partial charge in [-0.3, -0.25) is 4.98 Å². The highest BCUT2D eigenvalue weighted by molar-refractivity contribution is 5.77. The van der Waals surface area contributed by atoms with Gasteiger partial charge in [0.15, 0.2) is 17.6 Å². The maximum absolute atomic E-state index is 13.8. The number of benzene rings is 1. The van der Waals surface area contributed by atoms with Crippen molar-refractivity contribution in [1.29, 1.82) is 0 Å². The van der Waals surface area contributed by atoms with Crippen molar-refractivity contribution in [2.24, 2.45) is 0 Å². The molecule has 2 atom stereocenters. The van der Waals surface area contributed by atoms with Crippen molar-refractivity contribution in [3.63, 3.8) is 0 Å². The van der Waals surface area contributed by atoms with Crippen molar-refractivity contribution in [2.75, 3.05) is 5.32 Å². The van der Waals surface area contributed by atoms with Crippen molar-refractivity contribution < 1.29 is 22.7 Å². The topological polar surface area (TPSA) is 88.2 Å². The predicted molar refractivity (Wildman–Crippen MR) is 123 cm³/mol. The number of halogens is 4. The highest BCUT2D eigenvalue weighted by Crippen LogP contribution is 2.42. The number of aromatic nitrogens is 5. The molecule has 36 heavy (non-hydrogen) atoms. The Morgan fingerprint density at radius 1 is 1.11 bits per heavy atom. The Morgan fingerprint density at radius 2 is 1.94 bits per heavy atom. The summed E-state index contributed by atoms with van der Waals surface area (Å²) in [5.41, 5.74) is 4.66. The van der Waals surface area contributed by atoms with Gasteiger partial charge in [0, 0.05) is 17.8 Å². The Balaban J connectivity index is 1.40. The number of aliphatic hydroxyl groups is 1. The number of rotatable bonds is 4. The molecule has 3 heterocycles. The lowest BCUT2D eigenvalue weighted by molar-refractivity contribution is -0.206. The monoisotopic (exact) mass is 496 g/mol. The maximum Gasteiger partial charge on any atom is 0.418 e. The molecule has 1 aromatic carbocycles. The fraction of sp³-hybridized carbons (Fsp3) is 0.280. The van der Waals surface area contributed by atoms with Crippen molar-refractivity contribution >= 4 is 17.2 Å². The second-order valence-corrected chi connectivity index (χ2v) is 9.04. The van der Waals surface area contributed by atoms with E-state index in [9.17, 15) is 22.7 Å². The molecule has 0 saturated carbocycles. The molecule has 0 spiro atoms. The number of allylic oxidation sites excluding steroid dienone is 1. The van der Waals surface area contributed by atoms with E-state index in [4.69, 9.17) is 0 Å². The third kappa shape index (κ3) is 3.89. The zero-order valence-electron chi connectivity index (χ0n) is 18.8. The molecular formula is C25H20F4N6O. The number of hydrogen-bond donors (Lipinski definition) is 2. The summed E-state index contributed by atoms with van der Waals surface area (Å²) in [4.78, 5) is 12.4. The number of nitrogens with one attached hydrogen (secondary N) is 1. The largest absolute Gasteiger partial charge is 0.418 e. The van der Waals surface area contributed by atoms with Gasteiger partial charge < -0.3 is 10.4 Å². The third-order valence-corrected chi connectivity index (χ3v) is 6.71. The maximum atomic E-state index is 13.8. The molecule has 2 aliphatic carbocycles. The number of anilines is 1. The van der Waals surface area contributed by atoms with Gasteiger partial charge in [0.05, 0.1) is 18.0 Å². The van der Waals surface area contributed by atoms with Crippen LogP contribution in [0.3, 0.4) is 0 Å². The van der Waals surface area contributed by atoms with E-state index in [2.05, 4.69) is 37.5 Å². The molecule has 0 unspecified atom stereocenters. The van der Waals surface area contributed by atoms with Crippen molar-refractivity contribution in [2.45, 2.75) is 44.0 Å². The lowest BCUT2D eigenvalue weighted by Gasteiger charge is -2.26. The van der Waals surface area contributed by atoms with Gasteiger partial charge in [0.1, 0.15) is 5.82 Å². The first-order chi connectivity index (χ1) is 17.3. The molecule has 3 aromatic heterocycles. The number of nitrogens with zero attached hydrogens (tertiary/aromatic N) is 5. The minimum atomic E-state index is -4.91. The summed E-state index contributed by atoms with van der Waals surface area (Å²) in [6.45, 7) is 0. The minimum absolute atomic E-state index is 0.0324. The van der Waals surface area contributed by atoms with Gasteiger partial charge in [-0.1, -0.05) is 29.8 Å². The molecule has 0 amide bonds. The van der Waals surface area contributed by atoms with Crippen molar-refractivity contribution in [3.05, 3.63) is 77.0 Å². The van der Waals surface area contributed by atoms with Crippen LogP contribution in [0.25, 0.3) is 22.6 Å². The van der Waals surface area contributed by atoms with E-state index in [0.29, 0.717) is 6.42 Å². The average molecular weight is 496 g/mol. The van der Waals surface area contributed by atoms with E-state index in [-0.39, 0.29) is 29.0 Å². The quantitative estimate of drug-likeness (QED) is 0.391. The number of fused-ring (bicyclic) bond motifs is 3. The summed E-state index contributed by atoms with van der Waals surface area (Å²) in [5.74, 6) is -0.517. The van der Waals surface area contributed by atoms with Crippen LogP contribution in [0.2, 0.25) is 0 Å². The number of alkyl halides is 3. The van der Waals surface area contributed by atoms with E-state index >= 15 is 0 Å². The SMILES string of the molecule is O[C@@H](c1cnn2c(N[C@@H]3CCC4=C(C3)c3ccccc3C4)nc(-c3cncc(F)c3)nc12)C(F)(F)F. The predicted octanol–water partition coefficient (Wildman–Crippen LogP) is 4.90. The fourth-order valence-electron chi connectivity index (χ4n) is 5.01. The molecule has 11 heteroatoms. The van der Waals surface area contributed by atoms with Crippen LogP contribution in [0.15, 0.2) is 54.5 Å². The number of hydrogen-bond acceptors (Lipinski definition) is 6. The van der Waals surface area contributed by atoms with Crippen LogP contribution in [-0.4, -0.2) is 41.9 Å². The molecular weight excluding hydrogens is 476 g/mol. The Hall–Kier alpha value is -3.86. The van der Waals surface area contributed by atoms with Crippen molar-refractivity contribution in [1.82, 2.24) is 24.6 Å². The summed E-state index contributed by atoms with van der Waals surface area (Å²) in [6, 6.07) is 9.35. The molecule has 184 valence electrons. The first-order valence-corrected chi connectivity index (χ1v) is 11.4. The van der Waals surface area contributed by atoms with Crippen LogP contribution >= 0.6 is 0 Å². The first-order valence-electron chi connectivity index (χ1n) is 11.4. The van der Waals surface area contributed by atoms with E-state index in [0.717, 1.165) is 42.2 Å². The Morgan fingerprint density at radius 3 is 2.75 bits per heavy atom. The zero-order chi connectivity index (χ0) is 25.0. The lowest BCUT2D eigenvalue weighted by Crippen LogP contribution is -2.26. The van der Waals surface area contributed by atoms with E-state index in [1.54, 1.807) is 0 Å². The molecule has 6 rings (SSSR count). The highest BCUT2D eigenvalue weighted by atomic mass is 19.4. The van der Waals surface area contributed by atoms with Crippen LogP contribution in [-0.2, 0) is 6.42 Å². The molecule has 0 fully saturated rings. The van der Waals surface area contributed by atoms with Gasteiger partial charge in [-0.25, -0.2) is 9.37 Å². The second kappa shape index (κ2) is 8.37. The molecule has 0 saturated heterocycles. The Kier molecular flexibility index (Phi) is 5.25. The van der Waals surface area contributed by atoms with E-state index in [1.165, 1.54) is 28.5 Å². The summed E-state index contributed by atoms with van der Waals surface area (Å²) in [6.07, 6.45) is -1.11. The fourth-order valence-corrected chi connectivity index (χ4v) is 5.01. The molecule has 0 bridgehead atoms. The molecule has 4 aromatic rings. The van der Waals surface area contributed by atoms with E-state index < -0.39 is 23.7 Å². The lowest BCUT2D eigenvalue weighted by atomic mass is 9.88. The Labute approximate surface area is 202 Å². The molecule has 7 nitrogen and oxygen atoms in total. The van der Waals surface area contributed by atoms with Crippen LogP contribution < -0.4 is 5.32 Å². The number of pyridine rings is 1. The van der Waals surface area contributed by atoms with Gasteiger partial charge in [0.25, 0.3) is 0 Å². The van der Waals surface area contributed by atoms with Gasteiger partial charge in [0.2, 0.25) is 5.95 Å². The molecule has 0 aliphatic heterocycles. The van der Waals surface area contributed by atoms with E-state index in [1.807, 2.05) is 12.1 Å². The summed E-state index contributed by atoms with van der Waals surface area (Å²) >= 11 is 0. The van der Waals surface area contributed by atoms with Gasteiger partial charge >= 0.3 is 6.18 Å². The van der Waals surface area contributed by atoms with Gasteiger partial charge in [-0.05, 0) is 48.4 Å². The normalized spacial score (nSPS) is 18.3. The summed E-state index contributed by atoms with van der Waals surface area (Å²) in [7, 11) is 0. The molecule has 0 radical (unpaired) electrons. The second-order valence-electron chi connectivity index (χ2n) is 9.04. The van der Waals surface area contributed by atoms with Crippen LogP contribution in [0, 0.1) is 5.82 Å². The van der Waals surface area contributed by atoms with Gasteiger partial charge in [-0.15, -0.1) is 0 Å². The summed E-state index contributed by atoms with van der Waals surface area (Å²) < 4.78 is 55.0. The standard InChI is InChI=1S/C25H20F4N6O/c26-16-8-15(10-30-11-16)22-33-23-20(21(36)25(27,28)29)12-31-35(23)24(34-22)32-17-6-5-14-7-13-3-1-2-4-18(13)19(14)9-17/h1-4,8,10-12,17,21,36H,5-7,9H2,(H,32,33,34)/t17-,21+/m1/s1. The summed E-state index contributed by atoms with van der Waals surface area (Å²) in [5, 5.41) is 17.3. The minimum Gasteiger partial charge on any atom is -0.379 e. The molecule has 2 aliphatic rings. The third-order valence-electron chi connectivity index (χ3n) is 6.71. The van der Waals surface area contributed by atoms with Crippen LogP contribution in [0.4, 0.5) is 23.5 Å². The highest BCUT2D eigenvalue weighted by Gasteiger charge is 2.42. The van der Waals surface area contributed by atoms with Crippen molar-refractivity contribution in [3.8, 4) is 11.4 Å². The first kappa shape index (κ1) is 22.6. The van der Waals surface area contributed by atoms with Gasteiger partial charge in [-0.2, -0.15) is 27.8 Å². The zero-order valence-corrected chi connectivity index (χ0v) is 18.8. The average Bonchev–Trinajstić information content (AvgIpc) is 3.44. The smallest absolute Gasteiger partial charge is 0.379 e. The molecule has 2 N–H and O–H groups in total. The Bertz CT molecular complexity index is 1510.